The van der Waals surface area contributed by atoms with E-state index >= 15 is 0 Å². The van der Waals surface area contributed by atoms with Crippen molar-refractivity contribution in [1.82, 2.24) is 0 Å². The SMILES string of the molecule is N#CC(C#N)=C1C2=C(C=CC([N+](=O)[O-])C2=O)c2ccc([N+](=O)[O-])cc21. The number of nitrogens with zero attached hydrogens (tertiary/aromatic N) is 4. The van der Waals surface area contributed by atoms with E-state index in [4.69, 9.17) is 0 Å². The van der Waals surface area contributed by atoms with Gasteiger partial charge < -0.3 is 0 Å². The maximum Gasteiger partial charge on any atom is 0.293 e. The van der Waals surface area contributed by atoms with Crippen molar-refractivity contribution in [2.24, 2.45) is 0 Å². The first-order chi connectivity index (χ1) is 11.9. The summed E-state index contributed by atoms with van der Waals surface area (Å²) in [6, 6.07) is 5.44. The summed E-state index contributed by atoms with van der Waals surface area (Å²) < 4.78 is 0. The van der Waals surface area contributed by atoms with Gasteiger partial charge in [0.1, 0.15) is 17.7 Å². The van der Waals surface area contributed by atoms with E-state index in [1.807, 2.05) is 0 Å². The van der Waals surface area contributed by atoms with Crippen LogP contribution in [0.2, 0.25) is 0 Å². The third-order valence-electron chi connectivity index (χ3n) is 3.95. The Hall–Kier alpha value is -4.11. The molecule has 9 nitrogen and oxygen atoms in total. The summed E-state index contributed by atoms with van der Waals surface area (Å²) in [5.41, 5.74) is -0.0564. The molecule has 0 bridgehead atoms. The number of fused-ring (bicyclic) bond motifs is 2. The lowest BCUT2D eigenvalue weighted by atomic mass is 9.89. The summed E-state index contributed by atoms with van der Waals surface area (Å²) in [5.74, 6) is -0.862. The highest BCUT2D eigenvalue weighted by molar-refractivity contribution is 6.26. The molecule has 0 saturated carbocycles. The van der Waals surface area contributed by atoms with Gasteiger partial charge in [-0.25, -0.2) is 0 Å². The second-order valence-electron chi connectivity index (χ2n) is 5.20. The van der Waals surface area contributed by atoms with Gasteiger partial charge in [0.15, 0.2) is 0 Å². The number of nitro groups is 2. The number of carbonyl (C=O) groups is 1. The minimum absolute atomic E-state index is 0.0973. The van der Waals surface area contributed by atoms with Crippen molar-refractivity contribution in [1.29, 1.82) is 10.5 Å². The zero-order valence-electron chi connectivity index (χ0n) is 12.3. The number of nitro benzene ring substituents is 1. The van der Waals surface area contributed by atoms with Crippen molar-refractivity contribution < 1.29 is 14.6 Å². The topological polar surface area (TPSA) is 151 Å². The third kappa shape index (κ3) is 2.19. The van der Waals surface area contributed by atoms with E-state index in [1.54, 1.807) is 12.1 Å². The van der Waals surface area contributed by atoms with Crippen molar-refractivity contribution >= 4 is 22.6 Å². The Labute approximate surface area is 139 Å². The zero-order valence-corrected chi connectivity index (χ0v) is 12.3. The van der Waals surface area contributed by atoms with Gasteiger partial charge in [-0.1, -0.05) is 6.08 Å². The number of hydrogen-bond acceptors (Lipinski definition) is 7. The molecule has 25 heavy (non-hydrogen) atoms. The van der Waals surface area contributed by atoms with Crippen LogP contribution < -0.4 is 0 Å². The number of Topliss-reactive ketones (excluding diaryl/α,β-unsaturated/α-hetero) is 1. The molecule has 0 aliphatic heterocycles. The lowest BCUT2D eigenvalue weighted by molar-refractivity contribution is -0.494. The number of allylic oxidation sites excluding steroid dienone is 4. The predicted molar refractivity (Wildman–Crippen MR) is 83.1 cm³/mol. The summed E-state index contributed by atoms with van der Waals surface area (Å²) in [7, 11) is 0. The standard InChI is InChI=1S/C16H6N4O5/c17-6-8(7-18)14-12-5-9(19(22)23)1-2-10(12)11-3-4-13(20(24)25)16(21)15(11)14/h1-5,13H. The van der Waals surface area contributed by atoms with E-state index in [0.29, 0.717) is 11.1 Å². The average Bonchev–Trinajstić information content (AvgIpc) is 2.91. The Bertz CT molecular complexity index is 1030. The highest BCUT2D eigenvalue weighted by Gasteiger charge is 2.42. The van der Waals surface area contributed by atoms with Gasteiger partial charge in [0, 0.05) is 28.2 Å². The lowest BCUT2D eigenvalue weighted by Crippen LogP contribution is -2.30. The van der Waals surface area contributed by atoms with E-state index in [9.17, 15) is 35.5 Å². The molecule has 0 saturated heterocycles. The molecule has 2 aliphatic rings. The molecule has 0 radical (unpaired) electrons. The number of carbonyl (C=O) groups excluding carboxylic acids is 1. The van der Waals surface area contributed by atoms with Crippen LogP contribution in [0.5, 0.6) is 0 Å². The Kier molecular flexibility index (Phi) is 3.48. The monoisotopic (exact) mass is 334 g/mol. The first kappa shape index (κ1) is 15.8. The summed E-state index contributed by atoms with van der Waals surface area (Å²) in [6.07, 6.45) is 2.49. The largest absolute Gasteiger partial charge is 0.293 e. The predicted octanol–water partition coefficient (Wildman–Crippen LogP) is 1.95. The Morgan fingerprint density at radius 1 is 1.12 bits per heavy atom. The fraction of sp³-hybridized carbons (Fsp3) is 0.0625. The van der Waals surface area contributed by atoms with Crippen molar-refractivity contribution in [3.8, 4) is 12.1 Å². The number of rotatable bonds is 2. The second kappa shape index (κ2) is 5.51. The third-order valence-corrected chi connectivity index (χ3v) is 3.95. The number of benzene rings is 1. The summed E-state index contributed by atoms with van der Waals surface area (Å²) in [5, 5.41) is 40.5. The molecule has 1 unspecified atom stereocenters. The highest BCUT2D eigenvalue weighted by atomic mass is 16.6. The first-order valence-corrected chi connectivity index (χ1v) is 6.85. The maximum atomic E-state index is 12.5. The lowest BCUT2D eigenvalue weighted by Gasteiger charge is -2.12. The highest BCUT2D eigenvalue weighted by Crippen LogP contribution is 2.47. The first-order valence-electron chi connectivity index (χ1n) is 6.85. The average molecular weight is 334 g/mol. The van der Waals surface area contributed by atoms with Crippen LogP contribution in [-0.2, 0) is 4.79 Å². The molecule has 0 N–H and O–H groups in total. The van der Waals surface area contributed by atoms with Crippen molar-refractivity contribution in [3.05, 3.63) is 72.9 Å². The number of non-ortho nitro benzene ring substituents is 1. The molecule has 0 heterocycles. The molecule has 0 spiro atoms. The van der Waals surface area contributed by atoms with Gasteiger partial charge >= 0.3 is 0 Å². The Morgan fingerprint density at radius 2 is 1.80 bits per heavy atom. The van der Waals surface area contributed by atoms with Crippen molar-refractivity contribution in [3.63, 3.8) is 0 Å². The maximum absolute atomic E-state index is 12.5. The van der Waals surface area contributed by atoms with E-state index < -0.39 is 27.2 Å². The normalized spacial score (nSPS) is 17.4. The molecule has 9 heteroatoms. The molecule has 0 fully saturated rings. The zero-order chi connectivity index (χ0) is 18.3. The van der Waals surface area contributed by atoms with Crippen LogP contribution in [0.3, 0.4) is 0 Å². The van der Waals surface area contributed by atoms with Crippen LogP contribution in [0.25, 0.3) is 11.1 Å². The molecule has 3 rings (SSSR count). The fourth-order valence-corrected chi connectivity index (χ4v) is 2.91. The molecule has 120 valence electrons. The summed E-state index contributed by atoms with van der Waals surface area (Å²) in [6.45, 7) is 0. The van der Waals surface area contributed by atoms with Crippen LogP contribution >= 0.6 is 0 Å². The van der Waals surface area contributed by atoms with E-state index in [2.05, 4.69) is 0 Å². The Balaban J connectivity index is 2.35. The van der Waals surface area contributed by atoms with Gasteiger partial charge in [-0.15, -0.1) is 0 Å². The van der Waals surface area contributed by atoms with Gasteiger partial charge in [0.05, 0.1) is 4.92 Å². The molecule has 1 aromatic rings. The number of hydrogen-bond donors (Lipinski definition) is 0. The molecule has 0 amide bonds. The number of nitriles is 2. The van der Waals surface area contributed by atoms with E-state index in [0.717, 1.165) is 12.1 Å². The van der Waals surface area contributed by atoms with Crippen LogP contribution in [0.1, 0.15) is 11.1 Å². The van der Waals surface area contributed by atoms with E-state index in [1.165, 1.54) is 18.2 Å². The molecular formula is C16H6N4O5. The number of ketones is 1. The van der Waals surface area contributed by atoms with Gasteiger partial charge in [-0.2, -0.15) is 10.5 Å². The van der Waals surface area contributed by atoms with Crippen LogP contribution in [0, 0.1) is 42.9 Å². The second-order valence-corrected chi connectivity index (χ2v) is 5.20. The smallest absolute Gasteiger partial charge is 0.286 e. The van der Waals surface area contributed by atoms with Crippen molar-refractivity contribution in [2.45, 2.75) is 6.04 Å². The quantitative estimate of drug-likeness (QED) is 0.455. The van der Waals surface area contributed by atoms with Crippen LogP contribution in [0.4, 0.5) is 5.69 Å². The minimum atomic E-state index is -1.63. The molecule has 1 atom stereocenters. The fourth-order valence-electron chi connectivity index (χ4n) is 2.91. The minimum Gasteiger partial charge on any atom is -0.286 e. The van der Waals surface area contributed by atoms with Crippen LogP contribution in [-0.4, -0.2) is 21.7 Å². The van der Waals surface area contributed by atoms with Crippen LogP contribution in [0.15, 0.2) is 41.5 Å². The van der Waals surface area contributed by atoms with Gasteiger partial charge in [0.25, 0.3) is 11.7 Å². The molecule has 2 aliphatic carbocycles. The van der Waals surface area contributed by atoms with Crippen molar-refractivity contribution in [2.75, 3.05) is 0 Å². The van der Waals surface area contributed by atoms with E-state index in [-0.39, 0.29) is 22.4 Å². The van der Waals surface area contributed by atoms with Gasteiger partial charge in [-0.05, 0) is 28.8 Å². The summed E-state index contributed by atoms with van der Waals surface area (Å²) >= 11 is 0. The van der Waals surface area contributed by atoms with Gasteiger partial charge in [-0.3, -0.25) is 25.0 Å². The van der Waals surface area contributed by atoms with Gasteiger partial charge in [0.2, 0.25) is 5.78 Å². The molecular weight excluding hydrogens is 328 g/mol. The summed E-state index contributed by atoms with van der Waals surface area (Å²) in [4.78, 5) is 33.2. The molecule has 1 aromatic carbocycles. The Morgan fingerprint density at radius 3 is 2.36 bits per heavy atom. The molecule has 0 aromatic heterocycles.